The number of rotatable bonds is 2. The van der Waals surface area contributed by atoms with E-state index >= 15 is 0 Å². The Morgan fingerprint density at radius 1 is 1.39 bits per heavy atom. The Labute approximate surface area is 108 Å². The van der Waals surface area contributed by atoms with Gasteiger partial charge in [-0.05, 0) is 25.7 Å². The van der Waals surface area contributed by atoms with Crippen LogP contribution in [0.1, 0.15) is 12.5 Å². The second-order valence-electron chi connectivity index (χ2n) is 5.31. The highest BCUT2D eigenvalue weighted by Gasteiger charge is 2.42. The summed E-state index contributed by atoms with van der Waals surface area (Å²) in [5, 5.41) is 3.48. The zero-order valence-electron chi connectivity index (χ0n) is 11.2. The van der Waals surface area contributed by atoms with Crippen molar-refractivity contribution in [2.75, 3.05) is 31.6 Å². The molecule has 3 rings (SSSR count). The molecule has 2 aliphatic heterocycles. The van der Waals surface area contributed by atoms with Gasteiger partial charge in [0.1, 0.15) is 12.1 Å². The molecule has 3 atom stereocenters. The van der Waals surface area contributed by atoms with Crippen molar-refractivity contribution in [3.8, 4) is 5.88 Å². The maximum absolute atomic E-state index is 5.28. The van der Waals surface area contributed by atoms with E-state index in [0.29, 0.717) is 11.9 Å². The van der Waals surface area contributed by atoms with E-state index in [2.05, 4.69) is 27.1 Å². The van der Waals surface area contributed by atoms with Gasteiger partial charge in [-0.3, -0.25) is 0 Å². The van der Waals surface area contributed by atoms with Crippen LogP contribution in [0.5, 0.6) is 5.88 Å². The van der Waals surface area contributed by atoms with Crippen molar-refractivity contribution in [1.29, 1.82) is 0 Å². The van der Waals surface area contributed by atoms with Gasteiger partial charge in [-0.2, -0.15) is 0 Å². The molecule has 1 aromatic rings. The molecular formula is C13H20N4O. The maximum Gasteiger partial charge on any atom is 0.221 e. The molecule has 1 N–H and O–H groups in total. The average Bonchev–Trinajstić information content (AvgIpc) is 2.94. The third-order valence-electron chi connectivity index (χ3n) is 4.41. The molecule has 3 heterocycles. The molecule has 0 spiro atoms. The van der Waals surface area contributed by atoms with Crippen LogP contribution in [-0.4, -0.2) is 42.8 Å². The smallest absolute Gasteiger partial charge is 0.221 e. The molecule has 0 radical (unpaired) electrons. The molecule has 0 aliphatic carbocycles. The highest BCUT2D eigenvalue weighted by atomic mass is 16.5. The lowest BCUT2D eigenvalue weighted by Crippen LogP contribution is -2.34. The van der Waals surface area contributed by atoms with Gasteiger partial charge in [-0.25, -0.2) is 9.97 Å². The summed E-state index contributed by atoms with van der Waals surface area (Å²) in [6.45, 7) is 7.68. The molecule has 2 fully saturated rings. The van der Waals surface area contributed by atoms with E-state index in [1.54, 1.807) is 13.4 Å². The monoisotopic (exact) mass is 248 g/mol. The number of hydrogen-bond donors (Lipinski definition) is 1. The van der Waals surface area contributed by atoms with Gasteiger partial charge in [0.2, 0.25) is 5.88 Å². The quantitative estimate of drug-likeness (QED) is 0.840. The lowest BCUT2D eigenvalue weighted by Gasteiger charge is -2.27. The molecule has 5 heteroatoms. The summed E-state index contributed by atoms with van der Waals surface area (Å²) in [6.07, 6.45) is 1.60. The van der Waals surface area contributed by atoms with Gasteiger partial charge in [0.05, 0.1) is 12.7 Å². The standard InChI is InChI=1S/C13H20N4O/c1-8-12(15-7-16-13(8)18-3)17-6-10-4-14-5-11(10)9(17)2/h7,9-11,14H,4-6H2,1-3H3. The summed E-state index contributed by atoms with van der Waals surface area (Å²) in [5.41, 5.74) is 1.04. The molecule has 2 saturated heterocycles. The predicted octanol–water partition coefficient (Wildman–Crippen LogP) is 0.838. The SMILES string of the molecule is COc1ncnc(N2CC3CNCC3C2C)c1C. The van der Waals surface area contributed by atoms with Crippen molar-refractivity contribution in [3.63, 3.8) is 0 Å². The molecule has 5 nitrogen and oxygen atoms in total. The highest BCUT2D eigenvalue weighted by molar-refractivity contribution is 5.52. The van der Waals surface area contributed by atoms with E-state index in [1.807, 2.05) is 6.92 Å². The van der Waals surface area contributed by atoms with Crippen molar-refractivity contribution in [1.82, 2.24) is 15.3 Å². The summed E-state index contributed by atoms with van der Waals surface area (Å²) in [5.74, 6) is 3.21. The lowest BCUT2D eigenvalue weighted by molar-refractivity contribution is 0.393. The number of anilines is 1. The second kappa shape index (κ2) is 4.39. The fraction of sp³-hybridized carbons (Fsp3) is 0.692. The minimum absolute atomic E-state index is 0.531. The Morgan fingerprint density at radius 3 is 2.94 bits per heavy atom. The molecular weight excluding hydrogens is 228 g/mol. The maximum atomic E-state index is 5.28. The summed E-state index contributed by atoms with van der Waals surface area (Å²) < 4.78 is 5.28. The van der Waals surface area contributed by atoms with Gasteiger partial charge in [0, 0.05) is 25.7 Å². The highest BCUT2D eigenvalue weighted by Crippen LogP contribution is 2.37. The van der Waals surface area contributed by atoms with Crippen LogP contribution in [0.15, 0.2) is 6.33 Å². The third kappa shape index (κ3) is 1.65. The van der Waals surface area contributed by atoms with Crippen molar-refractivity contribution in [2.24, 2.45) is 11.8 Å². The number of fused-ring (bicyclic) bond motifs is 1. The number of hydrogen-bond acceptors (Lipinski definition) is 5. The summed E-state index contributed by atoms with van der Waals surface area (Å²) >= 11 is 0. The van der Waals surface area contributed by atoms with Gasteiger partial charge in [-0.15, -0.1) is 0 Å². The number of nitrogens with one attached hydrogen (secondary N) is 1. The summed E-state index contributed by atoms with van der Waals surface area (Å²) in [4.78, 5) is 11.0. The Balaban J connectivity index is 1.92. The normalized spacial score (nSPS) is 30.6. The van der Waals surface area contributed by atoms with Crippen LogP contribution in [0.4, 0.5) is 5.82 Å². The van der Waals surface area contributed by atoms with Gasteiger partial charge < -0.3 is 15.0 Å². The van der Waals surface area contributed by atoms with Crippen molar-refractivity contribution in [3.05, 3.63) is 11.9 Å². The molecule has 3 unspecified atom stereocenters. The number of aromatic nitrogens is 2. The van der Waals surface area contributed by atoms with Crippen LogP contribution in [0, 0.1) is 18.8 Å². The van der Waals surface area contributed by atoms with Crippen molar-refractivity contribution < 1.29 is 4.74 Å². The molecule has 18 heavy (non-hydrogen) atoms. The Bertz CT molecular complexity index is 451. The van der Waals surface area contributed by atoms with Crippen LogP contribution < -0.4 is 15.0 Å². The molecule has 1 aromatic heterocycles. The van der Waals surface area contributed by atoms with E-state index in [1.165, 1.54) is 0 Å². The van der Waals surface area contributed by atoms with Crippen molar-refractivity contribution in [2.45, 2.75) is 19.9 Å². The molecule has 0 saturated carbocycles. The van der Waals surface area contributed by atoms with Gasteiger partial charge in [0.15, 0.2) is 0 Å². The van der Waals surface area contributed by atoms with E-state index in [0.717, 1.165) is 42.9 Å². The first-order chi connectivity index (χ1) is 8.72. The summed E-state index contributed by atoms with van der Waals surface area (Å²) in [6, 6.07) is 0.531. The van der Waals surface area contributed by atoms with E-state index in [9.17, 15) is 0 Å². The van der Waals surface area contributed by atoms with Crippen LogP contribution in [0.3, 0.4) is 0 Å². The molecule has 98 valence electrons. The van der Waals surface area contributed by atoms with Crippen LogP contribution in [0.25, 0.3) is 0 Å². The Hall–Kier alpha value is -1.36. The van der Waals surface area contributed by atoms with Gasteiger partial charge in [0.25, 0.3) is 0 Å². The lowest BCUT2D eigenvalue weighted by atomic mass is 9.95. The number of ether oxygens (including phenoxy) is 1. The minimum Gasteiger partial charge on any atom is -0.481 e. The van der Waals surface area contributed by atoms with Gasteiger partial charge in [-0.1, -0.05) is 0 Å². The largest absolute Gasteiger partial charge is 0.481 e. The van der Waals surface area contributed by atoms with Crippen LogP contribution >= 0.6 is 0 Å². The van der Waals surface area contributed by atoms with Crippen LogP contribution in [0.2, 0.25) is 0 Å². The van der Waals surface area contributed by atoms with E-state index in [-0.39, 0.29) is 0 Å². The number of methoxy groups -OCH3 is 1. The second-order valence-corrected chi connectivity index (χ2v) is 5.31. The van der Waals surface area contributed by atoms with E-state index < -0.39 is 0 Å². The van der Waals surface area contributed by atoms with E-state index in [4.69, 9.17) is 4.74 Å². The Morgan fingerprint density at radius 2 is 2.22 bits per heavy atom. The first-order valence-corrected chi connectivity index (χ1v) is 6.55. The molecule has 2 aliphatic rings. The predicted molar refractivity (Wildman–Crippen MR) is 70.0 cm³/mol. The Kier molecular flexibility index (Phi) is 2.86. The minimum atomic E-state index is 0.531. The summed E-state index contributed by atoms with van der Waals surface area (Å²) in [7, 11) is 1.66. The fourth-order valence-corrected chi connectivity index (χ4v) is 3.37. The third-order valence-corrected chi connectivity index (χ3v) is 4.41. The zero-order chi connectivity index (χ0) is 12.7. The zero-order valence-corrected chi connectivity index (χ0v) is 11.2. The molecule has 0 bridgehead atoms. The first-order valence-electron chi connectivity index (χ1n) is 6.55. The molecule has 0 aromatic carbocycles. The van der Waals surface area contributed by atoms with Gasteiger partial charge >= 0.3 is 0 Å². The fourth-order valence-electron chi connectivity index (χ4n) is 3.37. The first kappa shape index (κ1) is 11.7. The topological polar surface area (TPSA) is 50.3 Å². The molecule has 0 amide bonds. The number of nitrogens with zero attached hydrogens (tertiary/aromatic N) is 3. The average molecular weight is 248 g/mol. The van der Waals surface area contributed by atoms with Crippen molar-refractivity contribution >= 4 is 5.82 Å². The van der Waals surface area contributed by atoms with Crippen LogP contribution in [-0.2, 0) is 0 Å².